The first-order valence-corrected chi connectivity index (χ1v) is 5.80. The molecule has 2 nitrogen and oxygen atoms in total. The number of halogens is 1. The predicted molar refractivity (Wildman–Crippen MR) is 58.8 cm³/mol. The average Bonchev–Trinajstić information content (AvgIpc) is 2.74. The molecule has 2 aliphatic carbocycles. The maximum absolute atomic E-state index is 10.7. The van der Waals surface area contributed by atoms with Crippen molar-refractivity contribution in [1.82, 2.24) is 0 Å². The van der Waals surface area contributed by atoms with Crippen molar-refractivity contribution in [3.05, 3.63) is 40.3 Å². The summed E-state index contributed by atoms with van der Waals surface area (Å²) in [6, 6.07) is 8.37. The van der Waals surface area contributed by atoms with E-state index in [-0.39, 0.29) is 10.9 Å². The highest BCUT2D eigenvalue weighted by Crippen LogP contribution is 2.56. The molecule has 2 aliphatic rings. The van der Waals surface area contributed by atoms with E-state index in [0.29, 0.717) is 11.8 Å². The maximum Gasteiger partial charge on any atom is 0.112 e. The third-order valence-corrected chi connectivity index (χ3v) is 4.73. The van der Waals surface area contributed by atoms with E-state index in [2.05, 4.69) is 39.3 Å². The summed E-state index contributed by atoms with van der Waals surface area (Å²) < 4.78 is 0. The number of benzene rings is 1. The molecule has 2 bridgehead atoms. The van der Waals surface area contributed by atoms with Gasteiger partial charge in [0.15, 0.2) is 0 Å². The van der Waals surface area contributed by atoms with Gasteiger partial charge in [0.1, 0.15) is 6.04 Å². The van der Waals surface area contributed by atoms with E-state index >= 15 is 0 Å². The second-order valence-electron chi connectivity index (χ2n) is 4.12. The molecule has 14 heavy (non-hydrogen) atoms. The van der Waals surface area contributed by atoms with Gasteiger partial charge in [-0.2, -0.15) is 4.91 Å². The van der Waals surface area contributed by atoms with Crippen molar-refractivity contribution in [2.45, 2.75) is 29.1 Å². The van der Waals surface area contributed by atoms with E-state index in [1.807, 2.05) is 6.07 Å². The molecule has 0 amide bonds. The van der Waals surface area contributed by atoms with Gasteiger partial charge in [0.05, 0.1) is 0 Å². The van der Waals surface area contributed by atoms with Gasteiger partial charge in [-0.1, -0.05) is 45.4 Å². The molecule has 0 heterocycles. The summed E-state index contributed by atoms with van der Waals surface area (Å²) in [4.78, 5) is 11.0. The molecule has 3 rings (SSSR count). The Bertz CT molecular complexity index is 393. The van der Waals surface area contributed by atoms with Crippen LogP contribution < -0.4 is 0 Å². The Kier molecular flexibility index (Phi) is 1.78. The van der Waals surface area contributed by atoms with Crippen LogP contribution in [0.4, 0.5) is 0 Å². The summed E-state index contributed by atoms with van der Waals surface area (Å²) in [7, 11) is 0. The molecule has 1 fully saturated rings. The summed E-state index contributed by atoms with van der Waals surface area (Å²) in [5, 5.41) is 3.25. The third-order valence-electron chi connectivity index (χ3n) is 3.55. The van der Waals surface area contributed by atoms with Crippen molar-refractivity contribution in [2.24, 2.45) is 5.18 Å². The highest BCUT2D eigenvalue weighted by molar-refractivity contribution is 9.09. The van der Waals surface area contributed by atoms with E-state index in [4.69, 9.17) is 0 Å². The van der Waals surface area contributed by atoms with Crippen LogP contribution in [0.1, 0.15) is 29.4 Å². The van der Waals surface area contributed by atoms with Crippen LogP contribution in [0.2, 0.25) is 0 Å². The van der Waals surface area contributed by atoms with Gasteiger partial charge in [-0.3, -0.25) is 0 Å². The fourth-order valence-electron chi connectivity index (χ4n) is 2.93. The Morgan fingerprint density at radius 3 is 2.50 bits per heavy atom. The normalized spacial score (nSPS) is 38.4. The number of hydrogen-bond acceptors (Lipinski definition) is 2. The van der Waals surface area contributed by atoms with Gasteiger partial charge in [0, 0.05) is 10.7 Å². The molecule has 2 unspecified atom stereocenters. The molecule has 0 saturated heterocycles. The number of fused-ring (bicyclic) bond motifs is 5. The van der Waals surface area contributed by atoms with Crippen molar-refractivity contribution >= 4 is 15.9 Å². The Morgan fingerprint density at radius 1 is 1.21 bits per heavy atom. The molecule has 0 aromatic heterocycles. The number of nitrogens with zero attached hydrogens (tertiary/aromatic N) is 1. The van der Waals surface area contributed by atoms with Crippen LogP contribution in [0.5, 0.6) is 0 Å². The Hall–Kier alpha value is -0.700. The third kappa shape index (κ3) is 0.910. The zero-order valence-corrected chi connectivity index (χ0v) is 9.15. The van der Waals surface area contributed by atoms with Gasteiger partial charge in [-0.15, -0.1) is 0 Å². The lowest BCUT2D eigenvalue weighted by Gasteiger charge is -2.23. The Balaban J connectivity index is 2.13. The fraction of sp³-hybridized carbons (Fsp3) is 0.455. The van der Waals surface area contributed by atoms with E-state index in [1.165, 1.54) is 11.1 Å². The summed E-state index contributed by atoms with van der Waals surface area (Å²) in [5.41, 5.74) is 2.76. The summed E-state index contributed by atoms with van der Waals surface area (Å²) in [6.45, 7) is 0. The molecule has 72 valence electrons. The van der Waals surface area contributed by atoms with Crippen LogP contribution in [-0.4, -0.2) is 10.9 Å². The Morgan fingerprint density at radius 2 is 1.86 bits per heavy atom. The van der Waals surface area contributed by atoms with Crippen LogP contribution in [0, 0.1) is 4.91 Å². The highest BCUT2D eigenvalue weighted by atomic mass is 79.9. The van der Waals surface area contributed by atoms with Gasteiger partial charge < -0.3 is 0 Å². The van der Waals surface area contributed by atoms with Gasteiger partial charge in [0.2, 0.25) is 0 Å². The number of hydrogen-bond donors (Lipinski definition) is 0. The van der Waals surface area contributed by atoms with E-state index in [0.717, 1.165) is 6.42 Å². The molecule has 3 heteroatoms. The lowest BCUT2D eigenvalue weighted by Crippen LogP contribution is -2.24. The van der Waals surface area contributed by atoms with Crippen molar-refractivity contribution in [3.63, 3.8) is 0 Å². The molecular formula is C11H10BrNO. The van der Waals surface area contributed by atoms with Crippen LogP contribution in [-0.2, 0) is 0 Å². The van der Waals surface area contributed by atoms with E-state index in [9.17, 15) is 4.91 Å². The Labute approximate surface area is 90.8 Å². The highest BCUT2D eigenvalue weighted by Gasteiger charge is 2.50. The zero-order chi connectivity index (χ0) is 9.71. The van der Waals surface area contributed by atoms with Crippen molar-refractivity contribution in [1.29, 1.82) is 0 Å². The van der Waals surface area contributed by atoms with E-state index < -0.39 is 0 Å². The molecule has 1 aromatic carbocycles. The molecule has 4 atom stereocenters. The molecular weight excluding hydrogens is 242 g/mol. The minimum Gasteiger partial charge on any atom is -0.150 e. The monoisotopic (exact) mass is 251 g/mol. The van der Waals surface area contributed by atoms with Crippen LogP contribution in [0.25, 0.3) is 0 Å². The topological polar surface area (TPSA) is 29.4 Å². The van der Waals surface area contributed by atoms with Crippen molar-refractivity contribution < 1.29 is 0 Å². The van der Waals surface area contributed by atoms with Gasteiger partial charge in [-0.25, -0.2) is 0 Å². The molecule has 0 N–H and O–H groups in total. The lowest BCUT2D eigenvalue weighted by atomic mass is 9.89. The van der Waals surface area contributed by atoms with Crippen LogP contribution in [0.3, 0.4) is 0 Å². The van der Waals surface area contributed by atoms with Crippen LogP contribution in [0.15, 0.2) is 29.4 Å². The van der Waals surface area contributed by atoms with Gasteiger partial charge >= 0.3 is 0 Å². The number of alkyl halides is 1. The number of nitroso groups, excluding NO2 is 1. The first-order chi connectivity index (χ1) is 6.83. The minimum atomic E-state index is -0.0603. The van der Waals surface area contributed by atoms with Crippen molar-refractivity contribution in [3.8, 4) is 0 Å². The standard InChI is InChI=1S/C11H10BrNO/c12-10-8-5-9(11(10)13-14)7-4-2-1-3-6(7)8/h1-4,8-11H,5H2/t8?,9?,10-,11+/m0/s1. The predicted octanol–water partition coefficient (Wildman–Crippen LogP) is 3.17. The first-order valence-electron chi connectivity index (χ1n) is 4.88. The summed E-state index contributed by atoms with van der Waals surface area (Å²) in [6.07, 6.45) is 1.09. The van der Waals surface area contributed by atoms with E-state index in [1.54, 1.807) is 0 Å². The fourth-order valence-corrected chi connectivity index (χ4v) is 3.90. The first kappa shape index (κ1) is 8.60. The van der Waals surface area contributed by atoms with Gasteiger partial charge in [-0.05, 0) is 23.5 Å². The molecule has 1 aromatic rings. The molecule has 1 saturated carbocycles. The van der Waals surface area contributed by atoms with Crippen molar-refractivity contribution in [2.75, 3.05) is 0 Å². The molecule has 0 aliphatic heterocycles. The second kappa shape index (κ2) is 2.89. The molecule has 0 spiro atoms. The smallest absolute Gasteiger partial charge is 0.112 e. The second-order valence-corrected chi connectivity index (χ2v) is 5.18. The van der Waals surface area contributed by atoms with Crippen LogP contribution >= 0.6 is 15.9 Å². The molecule has 0 radical (unpaired) electrons. The largest absolute Gasteiger partial charge is 0.150 e. The maximum atomic E-state index is 10.7. The number of rotatable bonds is 1. The van der Waals surface area contributed by atoms with Gasteiger partial charge in [0.25, 0.3) is 0 Å². The SMILES string of the molecule is O=N[C@@H]1C2CC(c3ccccc32)[C@@H]1Br. The minimum absolute atomic E-state index is 0.0603. The lowest BCUT2D eigenvalue weighted by molar-refractivity contribution is 0.610. The zero-order valence-electron chi connectivity index (χ0n) is 7.56. The quantitative estimate of drug-likeness (QED) is 0.557. The average molecular weight is 252 g/mol. The summed E-state index contributed by atoms with van der Waals surface area (Å²) >= 11 is 3.60. The summed E-state index contributed by atoms with van der Waals surface area (Å²) in [5.74, 6) is 0.858.